The molecule has 8 N–H and O–H groups in total. The minimum atomic E-state index is -1.01. The van der Waals surface area contributed by atoms with Gasteiger partial charge < -0.3 is 32.1 Å². The minimum absolute atomic E-state index is 0.0681. The molecule has 1 aliphatic rings. The van der Waals surface area contributed by atoms with Gasteiger partial charge >= 0.3 is 17.9 Å². The van der Waals surface area contributed by atoms with E-state index in [1.54, 1.807) is 14.7 Å². The molecule has 202 valence electrons. The van der Waals surface area contributed by atoms with E-state index < -0.39 is 17.9 Å². The number of hydrogen-bond donors (Lipinski definition) is 6. The second kappa shape index (κ2) is 17.1. The topological polar surface area (TPSA) is 206 Å². The highest BCUT2D eigenvalue weighted by atomic mass is 16.4. The molecule has 35 heavy (non-hydrogen) atoms. The van der Waals surface area contributed by atoms with E-state index in [0.29, 0.717) is 78.3 Å². The fourth-order valence-corrected chi connectivity index (χ4v) is 3.95. The smallest absolute Gasteiger partial charge is 0.317 e. The fraction of sp³-hybridized carbons (Fsp3) is 0.810. The van der Waals surface area contributed by atoms with E-state index in [2.05, 4.69) is 5.32 Å². The van der Waals surface area contributed by atoms with Crippen LogP contribution in [-0.2, 0) is 19.2 Å². The largest absolute Gasteiger partial charge is 0.480 e. The molecule has 14 nitrogen and oxygen atoms in total. The maximum Gasteiger partial charge on any atom is 0.317 e. The van der Waals surface area contributed by atoms with Gasteiger partial charge in [0, 0.05) is 58.4 Å². The third kappa shape index (κ3) is 14.6. The first kappa shape index (κ1) is 30.7. The highest BCUT2D eigenvalue weighted by Crippen LogP contribution is 2.02. The number of carbonyl (C=O) groups is 4. The lowest BCUT2D eigenvalue weighted by Gasteiger charge is -2.33. The van der Waals surface area contributed by atoms with Gasteiger partial charge in [0.25, 0.3) is 0 Å². The SMILES string of the molecule is NCCC(CCN)NC(=O)CN1CCN(CC(=O)O)CCN(CC(=O)O)CCN(CC(=O)O)CC1. The van der Waals surface area contributed by atoms with Crippen molar-refractivity contribution >= 4 is 23.8 Å². The van der Waals surface area contributed by atoms with Crippen LogP contribution in [0.2, 0.25) is 0 Å². The fourth-order valence-electron chi connectivity index (χ4n) is 3.95. The number of rotatable bonds is 13. The number of amides is 1. The summed E-state index contributed by atoms with van der Waals surface area (Å²) in [6.07, 6.45) is 1.21. The Balaban J connectivity index is 2.95. The molecule has 14 heteroatoms. The molecule has 1 amide bonds. The molecule has 1 heterocycles. The molecule has 1 fully saturated rings. The maximum absolute atomic E-state index is 12.7. The van der Waals surface area contributed by atoms with Crippen molar-refractivity contribution in [3.63, 3.8) is 0 Å². The summed E-state index contributed by atoms with van der Waals surface area (Å²) in [5.74, 6) is -3.20. The number of carbonyl (C=O) groups excluding carboxylic acids is 1. The molecule has 0 aromatic rings. The molecule has 0 saturated carbocycles. The van der Waals surface area contributed by atoms with Crippen molar-refractivity contribution < 1.29 is 34.5 Å². The molecule has 1 saturated heterocycles. The molecule has 0 bridgehead atoms. The van der Waals surface area contributed by atoms with Gasteiger partial charge in [-0.3, -0.25) is 38.8 Å². The van der Waals surface area contributed by atoms with E-state index in [1.807, 2.05) is 4.90 Å². The predicted molar refractivity (Wildman–Crippen MR) is 128 cm³/mol. The first-order valence-corrected chi connectivity index (χ1v) is 11.9. The summed E-state index contributed by atoms with van der Waals surface area (Å²) >= 11 is 0. The van der Waals surface area contributed by atoms with Crippen LogP contribution in [-0.4, -0.2) is 156 Å². The first-order chi connectivity index (χ1) is 16.6. The van der Waals surface area contributed by atoms with Crippen molar-refractivity contribution in [2.24, 2.45) is 11.5 Å². The molecule has 0 spiro atoms. The summed E-state index contributed by atoms with van der Waals surface area (Å²) in [6.45, 7) is 3.05. The van der Waals surface area contributed by atoms with E-state index in [-0.39, 0.29) is 38.1 Å². The Morgan fingerprint density at radius 1 is 0.600 bits per heavy atom. The molecule has 0 aliphatic carbocycles. The minimum Gasteiger partial charge on any atom is -0.480 e. The van der Waals surface area contributed by atoms with E-state index in [4.69, 9.17) is 11.5 Å². The number of aliphatic carboxylic acids is 3. The van der Waals surface area contributed by atoms with Crippen LogP contribution in [0.4, 0.5) is 0 Å². The Bertz CT molecular complexity index is 644. The average molecular weight is 504 g/mol. The van der Waals surface area contributed by atoms with E-state index in [0.717, 1.165) is 0 Å². The lowest BCUT2D eigenvalue weighted by molar-refractivity contribution is -0.140. The van der Waals surface area contributed by atoms with Crippen LogP contribution in [0.3, 0.4) is 0 Å². The summed E-state index contributed by atoms with van der Waals surface area (Å²) in [5.41, 5.74) is 11.2. The Hall–Kier alpha value is -2.36. The van der Waals surface area contributed by atoms with Crippen LogP contribution in [0.5, 0.6) is 0 Å². The number of nitrogens with two attached hydrogens (primary N) is 2. The number of nitrogens with one attached hydrogen (secondary N) is 1. The van der Waals surface area contributed by atoms with E-state index in [9.17, 15) is 34.5 Å². The second-order valence-corrected chi connectivity index (χ2v) is 8.70. The molecule has 1 aliphatic heterocycles. The van der Waals surface area contributed by atoms with E-state index >= 15 is 0 Å². The van der Waals surface area contributed by atoms with Crippen LogP contribution in [0.25, 0.3) is 0 Å². The van der Waals surface area contributed by atoms with Gasteiger partial charge in [0.2, 0.25) is 5.91 Å². The van der Waals surface area contributed by atoms with E-state index in [1.165, 1.54) is 0 Å². The van der Waals surface area contributed by atoms with Gasteiger partial charge in [0.05, 0.1) is 26.2 Å². The number of carboxylic acids is 3. The summed E-state index contributed by atoms with van der Waals surface area (Å²) in [4.78, 5) is 53.6. The first-order valence-electron chi connectivity index (χ1n) is 11.9. The Kier molecular flexibility index (Phi) is 15.0. The van der Waals surface area contributed by atoms with Gasteiger partial charge in [-0.15, -0.1) is 0 Å². The van der Waals surface area contributed by atoms with Crippen molar-refractivity contribution in [2.75, 3.05) is 91.6 Å². The normalized spacial score (nSPS) is 18.0. The molecular weight excluding hydrogens is 462 g/mol. The molecule has 1 rings (SSSR count). The number of carboxylic acid groups (broad SMARTS) is 3. The zero-order valence-corrected chi connectivity index (χ0v) is 20.3. The highest BCUT2D eigenvalue weighted by molar-refractivity contribution is 5.78. The molecule has 0 radical (unpaired) electrons. The molecule has 0 aromatic carbocycles. The Morgan fingerprint density at radius 2 is 0.886 bits per heavy atom. The maximum atomic E-state index is 12.7. The number of hydrogen-bond acceptors (Lipinski definition) is 10. The van der Waals surface area contributed by atoms with Gasteiger partial charge in [0.1, 0.15) is 0 Å². The monoisotopic (exact) mass is 503 g/mol. The summed E-state index contributed by atoms with van der Waals surface area (Å²) in [7, 11) is 0. The van der Waals surface area contributed by atoms with Crippen LogP contribution in [0.1, 0.15) is 12.8 Å². The third-order valence-corrected chi connectivity index (χ3v) is 5.77. The summed E-state index contributed by atoms with van der Waals surface area (Å²) in [6, 6.07) is -0.128. The molecular formula is C21H41N7O7. The second-order valence-electron chi connectivity index (χ2n) is 8.70. The van der Waals surface area contributed by atoms with Crippen LogP contribution >= 0.6 is 0 Å². The van der Waals surface area contributed by atoms with Gasteiger partial charge in [-0.2, -0.15) is 0 Å². The van der Waals surface area contributed by atoms with Gasteiger partial charge in [-0.25, -0.2) is 0 Å². The van der Waals surface area contributed by atoms with Gasteiger partial charge in [-0.05, 0) is 25.9 Å². The van der Waals surface area contributed by atoms with Crippen LogP contribution in [0.15, 0.2) is 0 Å². The Labute approximate surface area is 205 Å². The van der Waals surface area contributed by atoms with Crippen molar-refractivity contribution in [3.05, 3.63) is 0 Å². The van der Waals surface area contributed by atoms with Crippen LogP contribution < -0.4 is 16.8 Å². The Morgan fingerprint density at radius 3 is 1.14 bits per heavy atom. The predicted octanol–water partition coefficient (Wildman–Crippen LogP) is -3.36. The van der Waals surface area contributed by atoms with Crippen molar-refractivity contribution in [3.8, 4) is 0 Å². The standard InChI is InChI=1S/C21H41N7O7/c22-3-1-17(2-4-23)24-18(29)13-25-5-7-26(14-19(30)31)9-11-28(16-21(34)35)12-10-27(8-6-25)15-20(32)33/h17H,1-16,22-23H2,(H,24,29)(H,30,31)(H,32,33)(H,34,35). The average Bonchev–Trinajstić information content (AvgIpc) is 2.74. The summed E-state index contributed by atoms with van der Waals surface area (Å²) in [5, 5.41) is 30.7. The van der Waals surface area contributed by atoms with Gasteiger partial charge in [0.15, 0.2) is 0 Å². The lowest BCUT2D eigenvalue weighted by Crippen LogP contribution is -2.50. The van der Waals surface area contributed by atoms with Crippen molar-refractivity contribution in [2.45, 2.75) is 18.9 Å². The number of nitrogens with zero attached hydrogens (tertiary/aromatic N) is 4. The molecule has 0 atom stereocenters. The van der Waals surface area contributed by atoms with Crippen molar-refractivity contribution in [1.29, 1.82) is 0 Å². The third-order valence-electron chi connectivity index (χ3n) is 5.77. The van der Waals surface area contributed by atoms with Crippen molar-refractivity contribution in [1.82, 2.24) is 24.9 Å². The zero-order chi connectivity index (χ0) is 26.2. The van der Waals surface area contributed by atoms with Crippen LogP contribution in [0, 0.1) is 0 Å². The van der Waals surface area contributed by atoms with Gasteiger partial charge in [-0.1, -0.05) is 0 Å². The lowest BCUT2D eigenvalue weighted by atomic mass is 10.1. The molecule has 0 aromatic heterocycles. The highest BCUT2D eigenvalue weighted by Gasteiger charge is 2.21. The zero-order valence-electron chi connectivity index (χ0n) is 20.3. The summed E-state index contributed by atoms with van der Waals surface area (Å²) < 4.78 is 0. The quantitative estimate of drug-likeness (QED) is 0.145. The molecule has 0 unspecified atom stereocenters.